The molecule has 0 unspecified atom stereocenters. The Morgan fingerprint density at radius 3 is 2.04 bits per heavy atom. The number of ketones is 1. The average Bonchev–Trinajstić information content (AvgIpc) is 2.59. The molecule has 0 aromatic heterocycles. The summed E-state index contributed by atoms with van der Waals surface area (Å²) in [6.45, 7) is 2.05. The lowest BCUT2D eigenvalue weighted by Crippen LogP contribution is -2.04. The molecule has 0 aliphatic carbocycles. The molecule has 0 amide bonds. The van der Waals surface area contributed by atoms with Crippen molar-refractivity contribution in [2.75, 3.05) is 0 Å². The monoisotopic (exact) mass is 376 g/mol. The van der Waals surface area contributed by atoms with Crippen LogP contribution in [0.3, 0.4) is 0 Å². The van der Waals surface area contributed by atoms with Crippen molar-refractivity contribution in [1.82, 2.24) is 0 Å². The van der Waals surface area contributed by atoms with Gasteiger partial charge in [-0.3, -0.25) is 9.59 Å². The van der Waals surface area contributed by atoms with E-state index in [4.69, 9.17) is 5.11 Å². The lowest BCUT2D eigenvalue weighted by Gasteiger charge is -2.02. The maximum absolute atomic E-state index is 11.7. The van der Waals surface area contributed by atoms with Crippen molar-refractivity contribution in [3.8, 4) is 0 Å². The van der Waals surface area contributed by atoms with E-state index in [1.165, 1.54) is 0 Å². The van der Waals surface area contributed by atoms with E-state index in [-0.39, 0.29) is 17.5 Å². The topological polar surface area (TPSA) is 54.4 Å². The summed E-state index contributed by atoms with van der Waals surface area (Å²) in [5.74, 6) is -0.540. The number of carbonyl (C=O) groups is 2. The highest BCUT2D eigenvalue weighted by Crippen LogP contribution is 2.07. The third kappa shape index (κ3) is 18.5. The Balaban J connectivity index is 3.74. The van der Waals surface area contributed by atoms with Gasteiger partial charge in [0.05, 0.1) is 0 Å². The molecular weight excluding hydrogens is 344 g/mol. The van der Waals surface area contributed by atoms with E-state index < -0.39 is 5.97 Å². The molecule has 0 saturated carbocycles. The molecule has 0 aromatic carbocycles. The number of Topliss-reactive ketones (excluding diaryl/α,β-unsaturated/α-hetero) is 1. The predicted octanol–water partition coefficient (Wildman–Crippen LogP) is 5.86. The first kappa shape index (κ1) is 24.2. The standard InChI is InChI=1S/C22H32O3S/c1-2-3-13-16-20(23)19-21(26)17-14-11-9-7-5-4-6-8-10-12-15-18-22(24)25/h3-4,6-7,9-10,12-14,17,21,26H,2,5,8,11,15-16,18-19H2,1H3,(H,24,25)/b6-4-,9-7-,12-10-,13-3-,17-14-/t21-/m0/s1. The second-order valence-electron chi connectivity index (χ2n) is 5.88. The number of hydrogen-bond acceptors (Lipinski definition) is 3. The van der Waals surface area contributed by atoms with Crippen LogP contribution in [0.5, 0.6) is 0 Å². The minimum Gasteiger partial charge on any atom is -0.481 e. The van der Waals surface area contributed by atoms with Gasteiger partial charge in [0.2, 0.25) is 0 Å². The maximum Gasteiger partial charge on any atom is 0.303 e. The highest BCUT2D eigenvalue weighted by atomic mass is 32.1. The van der Waals surface area contributed by atoms with E-state index in [1.54, 1.807) is 0 Å². The quantitative estimate of drug-likeness (QED) is 0.278. The van der Waals surface area contributed by atoms with E-state index in [2.05, 4.69) is 43.9 Å². The van der Waals surface area contributed by atoms with Crippen LogP contribution in [0.2, 0.25) is 0 Å². The summed E-state index contributed by atoms with van der Waals surface area (Å²) in [5, 5.41) is 8.49. The number of thiol groups is 1. The summed E-state index contributed by atoms with van der Waals surface area (Å²) in [6.07, 6.45) is 25.4. The van der Waals surface area contributed by atoms with Crippen LogP contribution >= 0.6 is 12.6 Å². The van der Waals surface area contributed by atoms with Gasteiger partial charge in [-0.2, -0.15) is 12.6 Å². The Hall–Kier alpha value is -1.81. The molecule has 0 heterocycles. The number of carboxylic acid groups (broad SMARTS) is 1. The maximum atomic E-state index is 11.7. The number of rotatable bonds is 15. The Kier molecular flexibility index (Phi) is 16.7. The Morgan fingerprint density at radius 1 is 0.885 bits per heavy atom. The van der Waals surface area contributed by atoms with Crippen LogP contribution in [0, 0.1) is 0 Å². The van der Waals surface area contributed by atoms with Crippen LogP contribution in [0.15, 0.2) is 60.8 Å². The zero-order valence-electron chi connectivity index (χ0n) is 15.7. The van der Waals surface area contributed by atoms with Gasteiger partial charge in [-0.25, -0.2) is 0 Å². The molecule has 144 valence electrons. The third-order valence-electron chi connectivity index (χ3n) is 3.38. The fraction of sp³-hybridized carbons (Fsp3) is 0.455. The summed E-state index contributed by atoms with van der Waals surface area (Å²) in [5.41, 5.74) is 0. The van der Waals surface area contributed by atoms with Crippen LogP contribution in [0.25, 0.3) is 0 Å². The summed E-state index contributed by atoms with van der Waals surface area (Å²) < 4.78 is 0. The molecule has 0 saturated heterocycles. The van der Waals surface area contributed by atoms with Crippen molar-refractivity contribution in [3.05, 3.63) is 60.8 Å². The van der Waals surface area contributed by atoms with Gasteiger partial charge in [0.15, 0.2) is 0 Å². The molecule has 0 aromatic rings. The number of hydrogen-bond donors (Lipinski definition) is 2. The van der Waals surface area contributed by atoms with Crippen molar-refractivity contribution in [2.24, 2.45) is 0 Å². The normalized spacial score (nSPS) is 13.8. The largest absolute Gasteiger partial charge is 0.481 e. The molecule has 26 heavy (non-hydrogen) atoms. The van der Waals surface area contributed by atoms with Gasteiger partial charge in [-0.15, -0.1) is 0 Å². The van der Waals surface area contributed by atoms with E-state index >= 15 is 0 Å². The van der Waals surface area contributed by atoms with Crippen molar-refractivity contribution in [2.45, 2.75) is 63.5 Å². The molecular formula is C22H32O3S. The van der Waals surface area contributed by atoms with Gasteiger partial charge in [0.1, 0.15) is 5.78 Å². The first-order valence-corrected chi connectivity index (χ1v) is 9.76. The van der Waals surface area contributed by atoms with Crippen LogP contribution in [-0.2, 0) is 9.59 Å². The summed E-state index contributed by atoms with van der Waals surface area (Å²) in [7, 11) is 0. The molecule has 4 heteroatoms. The summed E-state index contributed by atoms with van der Waals surface area (Å²) in [4.78, 5) is 22.0. The second-order valence-corrected chi connectivity index (χ2v) is 6.54. The predicted molar refractivity (Wildman–Crippen MR) is 114 cm³/mol. The van der Waals surface area contributed by atoms with Gasteiger partial charge in [0.25, 0.3) is 0 Å². The first-order chi connectivity index (χ1) is 12.6. The molecule has 0 fully saturated rings. The number of allylic oxidation sites excluding steroid dienone is 9. The molecule has 0 radical (unpaired) electrons. The Labute approximate surface area is 163 Å². The van der Waals surface area contributed by atoms with Crippen LogP contribution in [0.1, 0.15) is 58.3 Å². The van der Waals surface area contributed by atoms with Crippen molar-refractivity contribution >= 4 is 24.4 Å². The highest BCUT2D eigenvalue weighted by Gasteiger charge is 2.04. The first-order valence-electron chi connectivity index (χ1n) is 9.24. The minimum absolute atomic E-state index is 0.0151. The van der Waals surface area contributed by atoms with E-state index in [1.807, 2.05) is 36.5 Å². The molecule has 0 spiro atoms. The zero-order valence-corrected chi connectivity index (χ0v) is 16.6. The minimum atomic E-state index is -0.760. The van der Waals surface area contributed by atoms with Crippen LogP contribution < -0.4 is 0 Å². The van der Waals surface area contributed by atoms with Crippen molar-refractivity contribution in [3.63, 3.8) is 0 Å². The Bertz CT molecular complexity index is 528. The van der Waals surface area contributed by atoms with Gasteiger partial charge in [-0.05, 0) is 32.1 Å². The van der Waals surface area contributed by atoms with Gasteiger partial charge in [0, 0.05) is 24.5 Å². The molecule has 3 nitrogen and oxygen atoms in total. The fourth-order valence-corrected chi connectivity index (χ4v) is 2.37. The zero-order chi connectivity index (χ0) is 19.5. The Morgan fingerprint density at radius 2 is 1.46 bits per heavy atom. The van der Waals surface area contributed by atoms with E-state index in [0.29, 0.717) is 19.3 Å². The van der Waals surface area contributed by atoms with Gasteiger partial charge in [-0.1, -0.05) is 67.7 Å². The van der Waals surface area contributed by atoms with Crippen LogP contribution in [0.4, 0.5) is 0 Å². The number of carboxylic acids is 1. The van der Waals surface area contributed by atoms with E-state index in [9.17, 15) is 9.59 Å². The van der Waals surface area contributed by atoms with Crippen molar-refractivity contribution < 1.29 is 14.7 Å². The smallest absolute Gasteiger partial charge is 0.303 e. The van der Waals surface area contributed by atoms with Gasteiger partial charge < -0.3 is 5.11 Å². The van der Waals surface area contributed by atoms with Crippen LogP contribution in [-0.4, -0.2) is 22.1 Å². The fourth-order valence-electron chi connectivity index (χ4n) is 2.04. The molecule has 1 N–H and O–H groups in total. The molecule has 0 aliphatic rings. The van der Waals surface area contributed by atoms with E-state index in [0.717, 1.165) is 25.7 Å². The lowest BCUT2D eigenvalue weighted by molar-refractivity contribution is -0.136. The third-order valence-corrected chi connectivity index (χ3v) is 3.74. The van der Waals surface area contributed by atoms with Gasteiger partial charge >= 0.3 is 5.97 Å². The second kappa shape index (κ2) is 18.0. The molecule has 1 atom stereocenters. The lowest BCUT2D eigenvalue weighted by atomic mass is 10.1. The molecule has 0 bridgehead atoms. The summed E-state index contributed by atoms with van der Waals surface area (Å²) >= 11 is 4.43. The van der Waals surface area contributed by atoms with Crippen molar-refractivity contribution in [1.29, 1.82) is 0 Å². The highest BCUT2D eigenvalue weighted by molar-refractivity contribution is 7.81. The molecule has 0 aliphatic heterocycles. The summed E-state index contributed by atoms with van der Waals surface area (Å²) in [6, 6.07) is 0. The number of carbonyl (C=O) groups excluding carboxylic acids is 1. The SMILES string of the molecule is CC/C=C\CC(=O)C[C@@H](S)/C=C\C/C=C\C/C=C\C/C=C\CCC(=O)O. The number of aliphatic carboxylic acids is 1. The molecule has 0 rings (SSSR count). The average molecular weight is 377 g/mol.